The standard InChI is InChI=1S/C8H12N2S2/c1-6-10-7(5-12-6)2-9-8-3-11-4-8/h5,8-9H,2-4H2,1H3. The summed E-state index contributed by atoms with van der Waals surface area (Å²) < 4.78 is 0. The first kappa shape index (κ1) is 8.53. The number of nitrogens with zero attached hydrogens (tertiary/aromatic N) is 1. The lowest BCUT2D eigenvalue weighted by atomic mass is 10.3. The van der Waals surface area contributed by atoms with Gasteiger partial charge in [0, 0.05) is 29.5 Å². The molecule has 1 N–H and O–H groups in total. The van der Waals surface area contributed by atoms with Crippen molar-refractivity contribution in [2.75, 3.05) is 11.5 Å². The number of nitrogens with one attached hydrogen (secondary N) is 1. The Balaban J connectivity index is 1.79. The predicted octanol–water partition coefficient (Wildman–Crippen LogP) is 1.66. The summed E-state index contributed by atoms with van der Waals surface area (Å²) in [6.07, 6.45) is 0. The average Bonchev–Trinajstić information content (AvgIpc) is 2.32. The molecule has 0 aromatic carbocycles. The van der Waals surface area contributed by atoms with Gasteiger partial charge in [-0.1, -0.05) is 0 Å². The van der Waals surface area contributed by atoms with Crippen molar-refractivity contribution in [3.05, 3.63) is 16.1 Å². The van der Waals surface area contributed by atoms with E-state index in [-0.39, 0.29) is 0 Å². The van der Waals surface area contributed by atoms with Gasteiger partial charge in [0.2, 0.25) is 0 Å². The number of aromatic nitrogens is 1. The molecular weight excluding hydrogens is 188 g/mol. The maximum atomic E-state index is 4.39. The number of aryl methyl sites for hydroxylation is 1. The van der Waals surface area contributed by atoms with Crippen LogP contribution in [0.1, 0.15) is 10.7 Å². The molecule has 1 fully saturated rings. The molecule has 1 aliphatic heterocycles. The lowest BCUT2D eigenvalue weighted by Gasteiger charge is -2.25. The Kier molecular flexibility index (Phi) is 2.68. The van der Waals surface area contributed by atoms with Gasteiger partial charge in [-0.2, -0.15) is 11.8 Å². The van der Waals surface area contributed by atoms with Crippen molar-refractivity contribution in [1.82, 2.24) is 10.3 Å². The van der Waals surface area contributed by atoms with E-state index in [4.69, 9.17) is 0 Å². The molecule has 4 heteroatoms. The smallest absolute Gasteiger partial charge is 0.0897 e. The molecule has 0 saturated carbocycles. The molecule has 1 aromatic heterocycles. The van der Waals surface area contributed by atoms with E-state index in [0.29, 0.717) is 0 Å². The first-order chi connectivity index (χ1) is 5.84. The fraction of sp³-hybridized carbons (Fsp3) is 0.625. The van der Waals surface area contributed by atoms with Gasteiger partial charge in [-0.05, 0) is 6.92 Å². The van der Waals surface area contributed by atoms with Crippen LogP contribution in [0.25, 0.3) is 0 Å². The first-order valence-electron chi connectivity index (χ1n) is 4.07. The monoisotopic (exact) mass is 200 g/mol. The zero-order valence-corrected chi connectivity index (χ0v) is 8.67. The zero-order chi connectivity index (χ0) is 8.39. The highest BCUT2D eigenvalue weighted by molar-refractivity contribution is 8.00. The fourth-order valence-corrected chi connectivity index (χ4v) is 2.41. The Morgan fingerprint density at radius 2 is 2.50 bits per heavy atom. The largest absolute Gasteiger partial charge is 0.307 e. The minimum Gasteiger partial charge on any atom is -0.307 e. The highest BCUT2D eigenvalue weighted by Crippen LogP contribution is 2.17. The fourth-order valence-electron chi connectivity index (χ4n) is 1.09. The summed E-state index contributed by atoms with van der Waals surface area (Å²) in [5, 5.41) is 6.77. The van der Waals surface area contributed by atoms with Crippen LogP contribution in [-0.2, 0) is 6.54 Å². The molecule has 0 unspecified atom stereocenters. The summed E-state index contributed by atoms with van der Waals surface area (Å²) in [7, 11) is 0. The molecule has 2 nitrogen and oxygen atoms in total. The van der Waals surface area contributed by atoms with Crippen LogP contribution in [0.15, 0.2) is 5.38 Å². The summed E-state index contributed by atoms with van der Waals surface area (Å²) in [4.78, 5) is 4.39. The summed E-state index contributed by atoms with van der Waals surface area (Å²) in [5.74, 6) is 2.53. The van der Waals surface area contributed by atoms with Gasteiger partial charge in [0.1, 0.15) is 0 Å². The number of rotatable bonds is 3. The lowest BCUT2D eigenvalue weighted by molar-refractivity contribution is 0.577. The van der Waals surface area contributed by atoms with E-state index in [1.807, 2.05) is 18.7 Å². The third kappa shape index (κ3) is 2.00. The van der Waals surface area contributed by atoms with Crippen molar-refractivity contribution < 1.29 is 0 Å². The summed E-state index contributed by atoms with van der Waals surface area (Å²) >= 11 is 3.73. The number of hydrogen-bond acceptors (Lipinski definition) is 4. The van der Waals surface area contributed by atoms with Crippen molar-refractivity contribution in [2.45, 2.75) is 19.5 Å². The van der Waals surface area contributed by atoms with E-state index < -0.39 is 0 Å². The van der Waals surface area contributed by atoms with Crippen molar-refractivity contribution in [1.29, 1.82) is 0 Å². The van der Waals surface area contributed by atoms with E-state index in [2.05, 4.69) is 15.7 Å². The zero-order valence-electron chi connectivity index (χ0n) is 7.04. The number of hydrogen-bond donors (Lipinski definition) is 1. The second-order valence-corrected chi connectivity index (χ2v) is 5.11. The molecule has 1 saturated heterocycles. The summed E-state index contributed by atoms with van der Waals surface area (Å²) in [6.45, 7) is 2.99. The molecule has 2 heterocycles. The van der Waals surface area contributed by atoms with Gasteiger partial charge in [0.15, 0.2) is 0 Å². The van der Waals surface area contributed by atoms with Crippen molar-refractivity contribution in [2.24, 2.45) is 0 Å². The molecule has 66 valence electrons. The minimum absolute atomic E-state index is 0.733. The molecule has 1 aromatic rings. The Morgan fingerprint density at radius 3 is 3.00 bits per heavy atom. The van der Waals surface area contributed by atoms with Crippen LogP contribution in [0.3, 0.4) is 0 Å². The Hall–Kier alpha value is -0.0600. The van der Waals surface area contributed by atoms with E-state index in [1.54, 1.807) is 11.3 Å². The Morgan fingerprint density at radius 1 is 1.67 bits per heavy atom. The average molecular weight is 200 g/mol. The van der Waals surface area contributed by atoms with Crippen LogP contribution in [0.5, 0.6) is 0 Å². The van der Waals surface area contributed by atoms with Crippen molar-refractivity contribution in [3.8, 4) is 0 Å². The maximum absolute atomic E-state index is 4.39. The Bertz CT molecular complexity index is 255. The van der Waals surface area contributed by atoms with Crippen molar-refractivity contribution >= 4 is 23.1 Å². The van der Waals surface area contributed by atoms with Crippen LogP contribution < -0.4 is 5.32 Å². The highest BCUT2D eigenvalue weighted by atomic mass is 32.2. The van der Waals surface area contributed by atoms with Crippen LogP contribution in [-0.4, -0.2) is 22.5 Å². The van der Waals surface area contributed by atoms with Gasteiger partial charge in [-0.3, -0.25) is 0 Å². The molecule has 2 rings (SSSR count). The van der Waals surface area contributed by atoms with Gasteiger partial charge < -0.3 is 5.32 Å². The second-order valence-electron chi connectivity index (χ2n) is 2.97. The van der Waals surface area contributed by atoms with Crippen LogP contribution in [0.2, 0.25) is 0 Å². The van der Waals surface area contributed by atoms with Crippen molar-refractivity contribution in [3.63, 3.8) is 0 Å². The Labute approximate surface area is 80.8 Å². The van der Waals surface area contributed by atoms with Crippen LogP contribution in [0, 0.1) is 6.92 Å². The molecule has 0 amide bonds. The van der Waals surface area contributed by atoms with Gasteiger partial charge in [-0.15, -0.1) is 11.3 Å². The maximum Gasteiger partial charge on any atom is 0.0897 e. The highest BCUT2D eigenvalue weighted by Gasteiger charge is 2.16. The summed E-state index contributed by atoms with van der Waals surface area (Å²) in [6, 6.07) is 0.733. The molecular formula is C8H12N2S2. The normalized spacial score (nSPS) is 17.8. The molecule has 0 bridgehead atoms. The van der Waals surface area contributed by atoms with Gasteiger partial charge >= 0.3 is 0 Å². The topological polar surface area (TPSA) is 24.9 Å². The van der Waals surface area contributed by atoms with E-state index in [9.17, 15) is 0 Å². The molecule has 0 aliphatic carbocycles. The first-order valence-corrected chi connectivity index (χ1v) is 6.10. The molecule has 0 atom stereocenters. The van der Waals surface area contributed by atoms with Gasteiger partial charge in [-0.25, -0.2) is 4.98 Å². The van der Waals surface area contributed by atoms with Gasteiger partial charge in [0.25, 0.3) is 0 Å². The van der Waals surface area contributed by atoms with E-state index >= 15 is 0 Å². The predicted molar refractivity (Wildman–Crippen MR) is 54.8 cm³/mol. The van der Waals surface area contributed by atoms with Crippen LogP contribution in [0.4, 0.5) is 0 Å². The van der Waals surface area contributed by atoms with E-state index in [0.717, 1.165) is 17.6 Å². The summed E-state index contributed by atoms with van der Waals surface area (Å²) in [5.41, 5.74) is 1.19. The molecule has 0 radical (unpaired) electrons. The number of thiazole rings is 1. The SMILES string of the molecule is Cc1nc(CNC2CSC2)cs1. The van der Waals surface area contributed by atoms with E-state index in [1.165, 1.54) is 17.2 Å². The quantitative estimate of drug-likeness (QED) is 0.803. The van der Waals surface area contributed by atoms with Crippen LogP contribution >= 0.6 is 23.1 Å². The second kappa shape index (κ2) is 3.77. The minimum atomic E-state index is 0.733. The lowest BCUT2D eigenvalue weighted by Crippen LogP contribution is -2.39. The third-order valence-electron chi connectivity index (χ3n) is 1.88. The third-order valence-corrected chi connectivity index (χ3v) is 3.97. The number of thioether (sulfide) groups is 1. The molecule has 1 aliphatic rings. The molecule has 0 spiro atoms. The molecule has 12 heavy (non-hydrogen) atoms. The van der Waals surface area contributed by atoms with Gasteiger partial charge in [0.05, 0.1) is 10.7 Å².